The van der Waals surface area contributed by atoms with Crippen LogP contribution in [0.3, 0.4) is 0 Å². The zero-order chi connectivity index (χ0) is 9.68. The van der Waals surface area contributed by atoms with Gasteiger partial charge >= 0.3 is 5.97 Å². The highest BCUT2D eigenvalue weighted by Gasteiger charge is 2.24. The number of nitrogens with one attached hydrogen (secondary N) is 1. The van der Waals surface area contributed by atoms with Gasteiger partial charge in [0.2, 0.25) is 6.41 Å². The van der Waals surface area contributed by atoms with Crippen molar-refractivity contribution < 1.29 is 19.4 Å². The van der Waals surface area contributed by atoms with Crippen LogP contribution in [0.1, 0.15) is 19.3 Å². The van der Waals surface area contributed by atoms with Crippen molar-refractivity contribution in [2.24, 2.45) is 0 Å². The SMILES string of the molecule is O=CNC(C[C@H]1CCCO1)C(=O)O. The topological polar surface area (TPSA) is 75.6 Å². The van der Waals surface area contributed by atoms with E-state index >= 15 is 0 Å². The van der Waals surface area contributed by atoms with E-state index in [9.17, 15) is 9.59 Å². The Balaban J connectivity index is 2.36. The minimum Gasteiger partial charge on any atom is -0.480 e. The molecule has 74 valence electrons. The van der Waals surface area contributed by atoms with Gasteiger partial charge < -0.3 is 15.2 Å². The first-order chi connectivity index (χ1) is 6.24. The van der Waals surface area contributed by atoms with Crippen molar-refractivity contribution in [2.75, 3.05) is 6.61 Å². The van der Waals surface area contributed by atoms with E-state index in [1.165, 1.54) is 0 Å². The highest BCUT2D eigenvalue weighted by Crippen LogP contribution is 2.16. The Bertz CT molecular complexity index is 189. The van der Waals surface area contributed by atoms with Gasteiger partial charge in [-0.3, -0.25) is 4.79 Å². The lowest BCUT2D eigenvalue weighted by atomic mass is 10.1. The Morgan fingerprint density at radius 2 is 2.54 bits per heavy atom. The standard InChI is InChI=1S/C8H13NO4/c10-5-9-7(8(11)12)4-6-2-1-3-13-6/h5-7H,1-4H2,(H,9,10)(H,11,12)/t6-,7?/m1/s1. The van der Waals surface area contributed by atoms with E-state index in [0.717, 1.165) is 12.8 Å². The quantitative estimate of drug-likeness (QED) is 0.582. The lowest BCUT2D eigenvalue weighted by Crippen LogP contribution is -2.38. The maximum Gasteiger partial charge on any atom is 0.326 e. The third kappa shape index (κ3) is 3.02. The fraction of sp³-hybridized carbons (Fsp3) is 0.750. The molecule has 2 atom stereocenters. The van der Waals surface area contributed by atoms with Gasteiger partial charge in [-0.1, -0.05) is 0 Å². The van der Waals surface area contributed by atoms with Gasteiger partial charge in [-0.2, -0.15) is 0 Å². The first kappa shape index (κ1) is 9.98. The van der Waals surface area contributed by atoms with Crippen LogP contribution < -0.4 is 5.32 Å². The Hall–Kier alpha value is -1.10. The molecule has 0 aliphatic carbocycles. The first-order valence-corrected chi connectivity index (χ1v) is 4.28. The average Bonchev–Trinajstić information content (AvgIpc) is 2.56. The van der Waals surface area contributed by atoms with Crippen molar-refractivity contribution in [1.82, 2.24) is 5.32 Å². The monoisotopic (exact) mass is 187 g/mol. The van der Waals surface area contributed by atoms with Gasteiger partial charge in [0.1, 0.15) is 6.04 Å². The van der Waals surface area contributed by atoms with Crippen molar-refractivity contribution in [3.8, 4) is 0 Å². The van der Waals surface area contributed by atoms with Crippen molar-refractivity contribution in [3.63, 3.8) is 0 Å². The maximum absolute atomic E-state index is 10.6. The summed E-state index contributed by atoms with van der Waals surface area (Å²) in [5, 5.41) is 10.9. The van der Waals surface area contributed by atoms with Gasteiger partial charge in [-0.05, 0) is 12.8 Å². The summed E-state index contributed by atoms with van der Waals surface area (Å²) in [6.45, 7) is 0.693. The summed E-state index contributed by atoms with van der Waals surface area (Å²) in [6.07, 6.45) is 2.60. The zero-order valence-corrected chi connectivity index (χ0v) is 7.23. The van der Waals surface area contributed by atoms with E-state index in [1.807, 2.05) is 0 Å². The van der Waals surface area contributed by atoms with Gasteiger partial charge in [0.15, 0.2) is 0 Å². The van der Waals surface area contributed by atoms with Crippen LogP contribution >= 0.6 is 0 Å². The number of carboxylic acids is 1. The highest BCUT2D eigenvalue weighted by molar-refractivity contribution is 5.76. The van der Waals surface area contributed by atoms with Gasteiger partial charge in [0.25, 0.3) is 0 Å². The predicted molar refractivity (Wildman–Crippen MR) is 44.2 cm³/mol. The number of aliphatic carboxylic acids is 1. The molecule has 0 radical (unpaired) electrons. The molecule has 0 spiro atoms. The summed E-state index contributed by atoms with van der Waals surface area (Å²) < 4.78 is 5.26. The van der Waals surface area contributed by atoms with E-state index < -0.39 is 12.0 Å². The maximum atomic E-state index is 10.6. The van der Waals surface area contributed by atoms with Crippen LogP contribution in [0.2, 0.25) is 0 Å². The molecule has 1 amide bonds. The molecule has 0 aromatic carbocycles. The lowest BCUT2D eigenvalue weighted by Gasteiger charge is -2.15. The van der Waals surface area contributed by atoms with Crippen LogP contribution in [-0.2, 0) is 14.3 Å². The Labute approximate surface area is 76.1 Å². The van der Waals surface area contributed by atoms with Gasteiger partial charge in [0.05, 0.1) is 6.10 Å². The molecular formula is C8H13NO4. The van der Waals surface area contributed by atoms with E-state index in [1.54, 1.807) is 0 Å². The minimum atomic E-state index is -1.01. The minimum absolute atomic E-state index is 0.0199. The van der Waals surface area contributed by atoms with Gasteiger partial charge in [-0.25, -0.2) is 4.79 Å². The van der Waals surface area contributed by atoms with E-state index in [4.69, 9.17) is 9.84 Å². The van der Waals surface area contributed by atoms with Crippen LogP contribution in [0.15, 0.2) is 0 Å². The molecule has 1 fully saturated rings. The second-order valence-corrected chi connectivity index (χ2v) is 3.05. The van der Waals surface area contributed by atoms with Crippen LogP contribution in [-0.4, -0.2) is 36.2 Å². The number of carbonyl (C=O) groups excluding carboxylic acids is 1. The van der Waals surface area contributed by atoms with Crippen LogP contribution in [0, 0.1) is 0 Å². The number of hydrogen-bond donors (Lipinski definition) is 2. The Morgan fingerprint density at radius 1 is 1.77 bits per heavy atom. The van der Waals surface area contributed by atoms with Crippen molar-refractivity contribution in [3.05, 3.63) is 0 Å². The van der Waals surface area contributed by atoms with Gasteiger partial charge in [0, 0.05) is 13.0 Å². The molecule has 1 heterocycles. The predicted octanol–water partition coefficient (Wildman–Crippen LogP) is -0.245. The first-order valence-electron chi connectivity index (χ1n) is 4.28. The van der Waals surface area contributed by atoms with Crippen LogP contribution in [0.4, 0.5) is 0 Å². The molecule has 1 aliphatic rings. The zero-order valence-electron chi connectivity index (χ0n) is 7.23. The number of rotatable bonds is 5. The molecule has 1 unspecified atom stereocenters. The molecule has 5 heteroatoms. The molecule has 0 saturated carbocycles. The molecule has 0 aromatic heterocycles. The Morgan fingerprint density at radius 3 is 3.00 bits per heavy atom. The highest BCUT2D eigenvalue weighted by atomic mass is 16.5. The van der Waals surface area contributed by atoms with Crippen molar-refractivity contribution >= 4 is 12.4 Å². The van der Waals surface area contributed by atoms with Crippen molar-refractivity contribution in [1.29, 1.82) is 0 Å². The smallest absolute Gasteiger partial charge is 0.326 e. The molecule has 0 bridgehead atoms. The number of ether oxygens (including phenoxy) is 1. The third-order valence-corrected chi connectivity index (χ3v) is 2.09. The summed E-state index contributed by atoms with van der Waals surface area (Å²) in [5.74, 6) is -1.01. The molecular weight excluding hydrogens is 174 g/mol. The number of amides is 1. The lowest BCUT2D eigenvalue weighted by molar-refractivity contribution is -0.141. The van der Waals surface area contributed by atoms with Gasteiger partial charge in [-0.15, -0.1) is 0 Å². The second-order valence-electron chi connectivity index (χ2n) is 3.05. The molecule has 5 nitrogen and oxygen atoms in total. The van der Waals surface area contributed by atoms with Crippen LogP contribution in [0.25, 0.3) is 0 Å². The second kappa shape index (κ2) is 4.81. The molecule has 13 heavy (non-hydrogen) atoms. The fourth-order valence-electron chi connectivity index (χ4n) is 1.42. The third-order valence-electron chi connectivity index (χ3n) is 2.09. The van der Waals surface area contributed by atoms with Crippen molar-refractivity contribution in [2.45, 2.75) is 31.4 Å². The summed E-state index contributed by atoms with van der Waals surface area (Å²) in [6, 6.07) is -0.819. The Kier molecular flexibility index (Phi) is 3.70. The van der Waals surface area contributed by atoms with E-state index in [0.29, 0.717) is 19.4 Å². The molecule has 2 N–H and O–H groups in total. The number of carboxylic acid groups (broad SMARTS) is 1. The summed E-state index contributed by atoms with van der Waals surface area (Å²) >= 11 is 0. The fourth-order valence-corrected chi connectivity index (χ4v) is 1.42. The molecule has 1 saturated heterocycles. The average molecular weight is 187 g/mol. The summed E-state index contributed by atoms with van der Waals surface area (Å²) in [7, 11) is 0. The number of carbonyl (C=O) groups is 2. The largest absolute Gasteiger partial charge is 0.480 e. The summed E-state index contributed by atoms with van der Waals surface area (Å²) in [4.78, 5) is 20.7. The van der Waals surface area contributed by atoms with E-state index in [-0.39, 0.29) is 6.10 Å². The molecule has 1 rings (SSSR count). The van der Waals surface area contributed by atoms with E-state index in [2.05, 4.69) is 5.32 Å². The van der Waals surface area contributed by atoms with Crippen LogP contribution in [0.5, 0.6) is 0 Å². The molecule has 1 aliphatic heterocycles. The summed E-state index contributed by atoms with van der Waals surface area (Å²) in [5.41, 5.74) is 0. The molecule has 0 aromatic rings. The normalized spacial score (nSPS) is 23.8. The number of hydrogen-bond acceptors (Lipinski definition) is 3.